The highest BCUT2D eigenvalue weighted by atomic mass is 16.6. The highest BCUT2D eigenvalue weighted by Crippen LogP contribution is 2.20. The van der Waals surface area contributed by atoms with Gasteiger partial charge in [-0.15, -0.1) is 0 Å². The van der Waals surface area contributed by atoms with Crippen LogP contribution in [0.15, 0.2) is 12.3 Å². The predicted molar refractivity (Wildman–Crippen MR) is 62.9 cm³/mol. The Balaban J connectivity index is 2.97. The van der Waals surface area contributed by atoms with Crippen molar-refractivity contribution in [2.24, 2.45) is 0 Å². The number of aryl methyl sites for hydroxylation is 1. The number of hydrogen-bond acceptors (Lipinski definition) is 6. The van der Waals surface area contributed by atoms with Crippen LogP contribution in [0.1, 0.15) is 12.0 Å². The third-order valence-electron chi connectivity index (χ3n) is 2.27. The van der Waals surface area contributed by atoms with E-state index < -0.39 is 29.3 Å². The number of rotatable bonds is 6. The molecule has 0 aliphatic carbocycles. The zero-order valence-electron chi connectivity index (χ0n) is 9.86. The van der Waals surface area contributed by atoms with E-state index in [1.807, 2.05) is 0 Å². The molecule has 1 rings (SSSR count). The lowest BCUT2D eigenvalue weighted by Crippen LogP contribution is -2.32. The van der Waals surface area contributed by atoms with E-state index in [0.717, 1.165) is 6.07 Å². The monoisotopic (exact) mass is 269 g/mol. The molecule has 0 aliphatic rings. The van der Waals surface area contributed by atoms with Gasteiger partial charge in [-0.3, -0.25) is 14.9 Å². The minimum absolute atomic E-state index is 0.0639. The van der Waals surface area contributed by atoms with Gasteiger partial charge >= 0.3 is 11.9 Å². The molecule has 0 aromatic carbocycles. The minimum Gasteiger partial charge on any atom is -0.481 e. The third-order valence-corrected chi connectivity index (χ3v) is 2.27. The molecule has 1 unspecified atom stereocenters. The van der Waals surface area contributed by atoms with Crippen molar-refractivity contribution in [1.29, 1.82) is 0 Å². The van der Waals surface area contributed by atoms with Gasteiger partial charge in [0.1, 0.15) is 11.9 Å². The molecule has 102 valence electrons. The molecular weight excluding hydrogens is 258 g/mol. The van der Waals surface area contributed by atoms with E-state index in [-0.39, 0.29) is 11.5 Å². The average molecular weight is 269 g/mol. The van der Waals surface area contributed by atoms with E-state index in [1.165, 1.54) is 13.1 Å². The number of carbonyl (C=O) groups is 2. The smallest absolute Gasteiger partial charge is 0.326 e. The Bertz CT molecular complexity index is 530. The van der Waals surface area contributed by atoms with E-state index >= 15 is 0 Å². The quantitative estimate of drug-likeness (QED) is 0.504. The summed E-state index contributed by atoms with van der Waals surface area (Å²) >= 11 is 0. The van der Waals surface area contributed by atoms with Crippen LogP contribution in [0.2, 0.25) is 0 Å². The molecule has 0 spiro atoms. The molecule has 0 aliphatic heterocycles. The molecule has 0 saturated carbocycles. The van der Waals surface area contributed by atoms with Crippen LogP contribution in [-0.2, 0) is 9.59 Å². The normalized spacial score (nSPS) is 11.6. The lowest BCUT2D eigenvalue weighted by Gasteiger charge is -2.12. The average Bonchev–Trinajstić information content (AvgIpc) is 2.29. The van der Waals surface area contributed by atoms with E-state index in [4.69, 9.17) is 10.2 Å². The highest BCUT2D eigenvalue weighted by molar-refractivity contribution is 5.83. The molecule has 1 heterocycles. The molecule has 0 bridgehead atoms. The number of aromatic nitrogens is 1. The summed E-state index contributed by atoms with van der Waals surface area (Å²) < 4.78 is 0. The first kappa shape index (κ1) is 14.4. The summed E-state index contributed by atoms with van der Waals surface area (Å²) in [6, 6.07) is -0.347. The number of nitrogens with one attached hydrogen (secondary N) is 1. The van der Waals surface area contributed by atoms with Crippen LogP contribution in [-0.4, -0.2) is 38.1 Å². The van der Waals surface area contributed by atoms with Gasteiger partial charge in [-0.25, -0.2) is 9.78 Å². The van der Waals surface area contributed by atoms with Crippen LogP contribution >= 0.6 is 0 Å². The summed E-state index contributed by atoms with van der Waals surface area (Å²) in [5.41, 5.74) is 0.0950. The summed E-state index contributed by atoms with van der Waals surface area (Å²) in [6.07, 6.45) is 0.541. The first-order valence-corrected chi connectivity index (χ1v) is 5.13. The maximum Gasteiger partial charge on any atom is 0.326 e. The number of carboxylic acid groups (broad SMARTS) is 2. The fourth-order valence-electron chi connectivity index (χ4n) is 1.34. The molecule has 1 atom stereocenters. The second kappa shape index (κ2) is 5.76. The van der Waals surface area contributed by atoms with E-state index in [2.05, 4.69) is 10.3 Å². The highest BCUT2D eigenvalue weighted by Gasteiger charge is 2.22. The number of hydrogen-bond donors (Lipinski definition) is 3. The molecule has 0 amide bonds. The molecule has 0 fully saturated rings. The first-order valence-electron chi connectivity index (χ1n) is 5.13. The second-order valence-corrected chi connectivity index (χ2v) is 3.75. The van der Waals surface area contributed by atoms with Crippen molar-refractivity contribution in [2.75, 3.05) is 5.32 Å². The SMILES string of the molecule is Cc1cnc(NC(CC(=O)O)C(=O)O)cc1[N+](=O)[O-]. The second-order valence-electron chi connectivity index (χ2n) is 3.75. The van der Waals surface area contributed by atoms with Crippen LogP contribution in [0, 0.1) is 17.0 Å². The number of nitrogens with zero attached hydrogens (tertiary/aromatic N) is 2. The van der Waals surface area contributed by atoms with Crippen LogP contribution in [0.4, 0.5) is 11.5 Å². The minimum atomic E-state index is -1.41. The predicted octanol–water partition coefficient (Wildman–Crippen LogP) is 0.638. The molecule has 9 heteroatoms. The molecule has 3 N–H and O–H groups in total. The van der Waals surface area contributed by atoms with Gasteiger partial charge in [-0.05, 0) is 6.92 Å². The Morgan fingerprint density at radius 2 is 2.16 bits per heavy atom. The number of anilines is 1. The van der Waals surface area contributed by atoms with Crippen molar-refractivity contribution in [3.05, 3.63) is 27.9 Å². The summed E-state index contributed by atoms with van der Waals surface area (Å²) in [7, 11) is 0. The molecule has 1 aromatic rings. The van der Waals surface area contributed by atoms with Crippen molar-refractivity contribution in [3.8, 4) is 0 Å². The first-order chi connectivity index (χ1) is 8.81. The lowest BCUT2D eigenvalue weighted by atomic mass is 10.2. The Morgan fingerprint density at radius 1 is 1.53 bits per heavy atom. The zero-order chi connectivity index (χ0) is 14.6. The molecule has 1 aromatic heterocycles. The molecule has 0 saturated heterocycles. The lowest BCUT2D eigenvalue weighted by molar-refractivity contribution is -0.385. The molecular formula is C10H11N3O6. The van der Waals surface area contributed by atoms with Crippen LogP contribution in [0.5, 0.6) is 0 Å². The number of pyridine rings is 1. The molecule has 9 nitrogen and oxygen atoms in total. The van der Waals surface area contributed by atoms with Gasteiger partial charge in [-0.2, -0.15) is 0 Å². The van der Waals surface area contributed by atoms with Gasteiger partial charge in [0.2, 0.25) is 0 Å². The van der Waals surface area contributed by atoms with Crippen LogP contribution < -0.4 is 5.32 Å². The fraction of sp³-hybridized carbons (Fsp3) is 0.300. The van der Waals surface area contributed by atoms with Crippen molar-refractivity contribution in [3.63, 3.8) is 0 Å². The van der Waals surface area contributed by atoms with Gasteiger partial charge in [0.25, 0.3) is 5.69 Å². The Morgan fingerprint density at radius 3 is 2.63 bits per heavy atom. The summed E-state index contributed by atoms with van der Waals surface area (Å²) in [5.74, 6) is -2.75. The number of aliphatic carboxylic acids is 2. The van der Waals surface area contributed by atoms with Gasteiger partial charge < -0.3 is 15.5 Å². The van der Waals surface area contributed by atoms with Crippen molar-refractivity contribution in [2.45, 2.75) is 19.4 Å². The summed E-state index contributed by atoms with van der Waals surface area (Å²) in [4.78, 5) is 35.2. The fourth-order valence-corrected chi connectivity index (χ4v) is 1.34. The number of nitro groups is 1. The van der Waals surface area contributed by atoms with Crippen molar-refractivity contribution < 1.29 is 24.7 Å². The van der Waals surface area contributed by atoms with Gasteiger partial charge in [-0.1, -0.05) is 0 Å². The Labute approximate surface area is 107 Å². The zero-order valence-corrected chi connectivity index (χ0v) is 9.86. The molecule has 0 radical (unpaired) electrons. The molecule has 19 heavy (non-hydrogen) atoms. The maximum atomic E-state index is 10.8. The third kappa shape index (κ3) is 3.91. The Kier molecular flexibility index (Phi) is 4.35. The van der Waals surface area contributed by atoms with Crippen molar-refractivity contribution >= 4 is 23.4 Å². The van der Waals surface area contributed by atoms with Gasteiger partial charge in [0.05, 0.1) is 17.4 Å². The van der Waals surface area contributed by atoms with Crippen LogP contribution in [0.25, 0.3) is 0 Å². The maximum absolute atomic E-state index is 10.8. The topological polar surface area (TPSA) is 143 Å². The van der Waals surface area contributed by atoms with Crippen LogP contribution in [0.3, 0.4) is 0 Å². The van der Waals surface area contributed by atoms with Gasteiger partial charge in [0, 0.05) is 11.8 Å². The summed E-state index contributed by atoms with van der Waals surface area (Å²) in [5, 5.41) is 30.4. The van der Waals surface area contributed by atoms with Crippen molar-refractivity contribution in [1.82, 2.24) is 4.98 Å². The summed E-state index contributed by atoms with van der Waals surface area (Å²) in [6.45, 7) is 1.49. The van der Waals surface area contributed by atoms with E-state index in [1.54, 1.807) is 0 Å². The van der Waals surface area contributed by atoms with E-state index in [0.29, 0.717) is 5.56 Å². The number of carboxylic acids is 2. The Hall–Kier alpha value is -2.71. The van der Waals surface area contributed by atoms with Gasteiger partial charge in [0.15, 0.2) is 0 Å². The van der Waals surface area contributed by atoms with E-state index in [9.17, 15) is 19.7 Å². The largest absolute Gasteiger partial charge is 0.481 e. The standard InChI is InChI=1S/C10H11N3O6/c1-5-4-11-8(3-7(5)13(18)19)12-6(10(16)17)2-9(14)15/h3-4,6H,2H2,1H3,(H,11,12)(H,14,15)(H,16,17).